The van der Waals surface area contributed by atoms with Gasteiger partial charge in [0, 0.05) is 11.3 Å². The van der Waals surface area contributed by atoms with E-state index >= 15 is 0 Å². The van der Waals surface area contributed by atoms with Gasteiger partial charge >= 0.3 is 0 Å². The summed E-state index contributed by atoms with van der Waals surface area (Å²) < 4.78 is 7.66. The molecule has 26 heavy (non-hydrogen) atoms. The van der Waals surface area contributed by atoms with Gasteiger partial charge in [-0.05, 0) is 50.6 Å². The number of rotatable bonds is 4. The van der Waals surface area contributed by atoms with Crippen LogP contribution in [0.1, 0.15) is 32.4 Å². The van der Waals surface area contributed by atoms with E-state index in [1.165, 1.54) is 0 Å². The third kappa shape index (κ3) is 2.56. The maximum absolute atomic E-state index is 12.5. The van der Waals surface area contributed by atoms with Crippen LogP contribution in [-0.4, -0.2) is 21.9 Å². The van der Waals surface area contributed by atoms with Gasteiger partial charge in [-0.1, -0.05) is 24.3 Å². The number of ketones is 1. The molecule has 4 rings (SSSR count). The Morgan fingerprint density at radius 3 is 2.62 bits per heavy atom. The molecular weight excluding hydrogens is 326 g/mol. The van der Waals surface area contributed by atoms with Gasteiger partial charge < -0.3 is 10.1 Å². The standard InChI is InChI=1S/C21H21N3O2/c1-4-26-16-11-9-15(10-12-16)20-19(14(3)25)13(2)22-21-23-17-7-5-6-8-18(17)24(20)21/h5-12,20H,4H2,1-3H3,(H,22,23)/t20-/m1/s1. The van der Waals surface area contributed by atoms with Crippen molar-refractivity contribution in [2.45, 2.75) is 26.8 Å². The van der Waals surface area contributed by atoms with Crippen molar-refractivity contribution in [2.75, 3.05) is 11.9 Å². The largest absolute Gasteiger partial charge is 0.494 e. The van der Waals surface area contributed by atoms with Gasteiger partial charge in [0.25, 0.3) is 0 Å². The molecule has 0 bridgehead atoms. The fraction of sp³-hybridized carbons (Fsp3) is 0.238. The normalized spacial score (nSPS) is 16.3. The van der Waals surface area contributed by atoms with E-state index in [-0.39, 0.29) is 11.8 Å². The SMILES string of the molecule is CCOc1ccc([C@@H]2C(C(C)=O)=C(C)Nc3nc4ccccc4n32)cc1. The molecule has 0 aliphatic carbocycles. The van der Waals surface area contributed by atoms with Crippen LogP contribution in [0.15, 0.2) is 59.8 Å². The molecule has 0 radical (unpaired) electrons. The molecule has 5 nitrogen and oxygen atoms in total. The minimum Gasteiger partial charge on any atom is -0.494 e. The first-order valence-electron chi connectivity index (χ1n) is 8.78. The number of aromatic nitrogens is 2. The lowest BCUT2D eigenvalue weighted by Gasteiger charge is -2.30. The van der Waals surface area contributed by atoms with E-state index in [1.54, 1.807) is 6.92 Å². The number of fused-ring (bicyclic) bond motifs is 3. The molecule has 0 saturated carbocycles. The van der Waals surface area contributed by atoms with E-state index in [1.807, 2.05) is 62.4 Å². The second kappa shape index (κ2) is 6.33. The summed E-state index contributed by atoms with van der Waals surface area (Å²) >= 11 is 0. The average Bonchev–Trinajstić information content (AvgIpc) is 2.99. The molecule has 0 saturated heterocycles. The maximum Gasteiger partial charge on any atom is 0.209 e. The fourth-order valence-electron chi connectivity index (χ4n) is 3.65. The fourth-order valence-corrected chi connectivity index (χ4v) is 3.65. The number of anilines is 1. The van der Waals surface area contributed by atoms with E-state index in [2.05, 4.69) is 9.88 Å². The molecule has 2 aromatic carbocycles. The van der Waals surface area contributed by atoms with Crippen molar-refractivity contribution in [1.82, 2.24) is 9.55 Å². The highest BCUT2D eigenvalue weighted by molar-refractivity contribution is 5.97. The summed E-state index contributed by atoms with van der Waals surface area (Å²) in [6.07, 6.45) is 0. The lowest BCUT2D eigenvalue weighted by Crippen LogP contribution is -2.26. The van der Waals surface area contributed by atoms with E-state index in [0.717, 1.165) is 39.6 Å². The number of allylic oxidation sites excluding steroid dienone is 2. The molecule has 3 aromatic rings. The van der Waals surface area contributed by atoms with E-state index in [4.69, 9.17) is 9.72 Å². The zero-order valence-electron chi connectivity index (χ0n) is 15.1. The second-order valence-corrected chi connectivity index (χ2v) is 6.42. The van der Waals surface area contributed by atoms with Crippen molar-refractivity contribution in [1.29, 1.82) is 0 Å². The summed E-state index contributed by atoms with van der Waals surface area (Å²) in [6, 6.07) is 15.7. The molecule has 0 amide bonds. The Bertz CT molecular complexity index is 1020. The summed E-state index contributed by atoms with van der Waals surface area (Å²) in [7, 11) is 0. The van der Waals surface area contributed by atoms with Crippen LogP contribution in [0.4, 0.5) is 5.95 Å². The Hall–Kier alpha value is -3.08. The minimum absolute atomic E-state index is 0.0531. The molecule has 5 heteroatoms. The highest BCUT2D eigenvalue weighted by Crippen LogP contribution is 2.39. The molecule has 2 heterocycles. The number of benzene rings is 2. The first-order chi connectivity index (χ1) is 12.6. The lowest BCUT2D eigenvalue weighted by atomic mass is 9.92. The summed E-state index contributed by atoms with van der Waals surface area (Å²) in [5, 5.41) is 3.30. The molecule has 0 spiro atoms. The number of imidazole rings is 1. The van der Waals surface area contributed by atoms with Gasteiger partial charge in [-0.25, -0.2) is 4.98 Å². The maximum atomic E-state index is 12.5. The molecule has 1 atom stereocenters. The highest BCUT2D eigenvalue weighted by atomic mass is 16.5. The monoisotopic (exact) mass is 347 g/mol. The smallest absolute Gasteiger partial charge is 0.209 e. The molecule has 1 aliphatic heterocycles. The van der Waals surface area contributed by atoms with Gasteiger partial charge in [-0.15, -0.1) is 0 Å². The number of nitrogens with zero attached hydrogens (tertiary/aromatic N) is 2. The van der Waals surface area contributed by atoms with Gasteiger partial charge in [0.1, 0.15) is 5.75 Å². The Kier molecular flexibility index (Phi) is 3.99. The Balaban J connectivity index is 1.93. The molecule has 1 N–H and O–H groups in total. The summed E-state index contributed by atoms with van der Waals surface area (Å²) in [5.74, 6) is 1.64. The number of hydrogen-bond donors (Lipinski definition) is 1. The van der Waals surface area contributed by atoms with Gasteiger partial charge in [0.15, 0.2) is 5.78 Å². The number of nitrogens with one attached hydrogen (secondary N) is 1. The predicted molar refractivity (Wildman–Crippen MR) is 102 cm³/mol. The number of para-hydroxylation sites is 2. The number of ether oxygens (including phenoxy) is 1. The number of hydrogen-bond acceptors (Lipinski definition) is 4. The van der Waals surface area contributed by atoms with Crippen LogP contribution < -0.4 is 10.1 Å². The zero-order chi connectivity index (χ0) is 18.3. The van der Waals surface area contributed by atoms with Gasteiger partial charge in [-0.3, -0.25) is 9.36 Å². The third-order valence-corrected chi connectivity index (χ3v) is 4.72. The zero-order valence-corrected chi connectivity index (χ0v) is 15.1. The Labute approximate surface area is 152 Å². The van der Waals surface area contributed by atoms with Crippen LogP contribution in [0.25, 0.3) is 11.0 Å². The van der Waals surface area contributed by atoms with Crippen molar-refractivity contribution in [3.63, 3.8) is 0 Å². The van der Waals surface area contributed by atoms with Crippen LogP contribution in [0.2, 0.25) is 0 Å². The molecule has 132 valence electrons. The molecule has 1 aliphatic rings. The van der Waals surface area contributed by atoms with Crippen LogP contribution in [-0.2, 0) is 4.79 Å². The second-order valence-electron chi connectivity index (χ2n) is 6.42. The average molecular weight is 347 g/mol. The van der Waals surface area contributed by atoms with E-state index in [0.29, 0.717) is 6.61 Å². The summed E-state index contributed by atoms with van der Waals surface area (Å²) in [5.41, 5.74) is 4.54. The minimum atomic E-state index is -0.216. The quantitative estimate of drug-likeness (QED) is 0.764. The molecular formula is C21H21N3O2. The first-order valence-corrected chi connectivity index (χ1v) is 8.78. The molecule has 0 unspecified atom stereocenters. The van der Waals surface area contributed by atoms with Crippen LogP contribution in [0, 0.1) is 0 Å². The van der Waals surface area contributed by atoms with Gasteiger partial charge in [-0.2, -0.15) is 0 Å². The summed E-state index contributed by atoms with van der Waals surface area (Å²) in [4.78, 5) is 17.2. The van der Waals surface area contributed by atoms with Crippen LogP contribution in [0.3, 0.4) is 0 Å². The van der Waals surface area contributed by atoms with Crippen molar-refractivity contribution in [2.24, 2.45) is 0 Å². The Morgan fingerprint density at radius 1 is 1.19 bits per heavy atom. The topological polar surface area (TPSA) is 56.1 Å². The van der Waals surface area contributed by atoms with Gasteiger partial charge in [0.05, 0.1) is 23.7 Å². The van der Waals surface area contributed by atoms with E-state index < -0.39 is 0 Å². The highest BCUT2D eigenvalue weighted by Gasteiger charge is 2.32. The third-order valence-electron chi connectivity index (χ3n) is 4.72. The van der Waals surface area contributed by atoms with Crippen molar-refractivity contribution < 1.29 is 9.53 Å². The number of Topliss-reactive ketones (excluding diaryl/α,β-unsaturated/α-hetero) is 1. The van der Waals surface area contributed by atoms with E-state index in [9.17, 15) is 4.79 Å². The molecule has 1 aromatic heterocycles. The lowest BCUT2D eigenvalue weighted by molar-refractivity contribution is -0.114. The van der Waals surface area contributed by atoms with Crippen molar-refractivity contribution in [3.05, 3.63) is 65.4 Å². The van der Waals surface area contributed by atoms with Crippen LogP contribution in [0.5, 0.6) is 5.75 Å². The first kappa shape index (κ1) is 16.4. The number of carbonyl (C=O) groups is 1. The predicted octanol–water partition coefficient (Wildman–Crippen LogP) is 4.31. The molecule has 0 fully saturated rings. The van der Waals surface area contributed by atoms with Crippen molar-refractivity contribution >= 4 is 22.8 Å². The van der Waals surface area contributed by atoms with Crippen LogP contribution >= 0.6 is 0 Å². The number of carbonyl (C=O) groups excluding carboxylic acids is 1. The van der Waals surface area contributed by atoms with Crippen molar-refractivity contribution in [3.8, 4) is 5.75 Å². The Morgan fingerprint density at radius 2 is 1.92 bits per heavy atom. The summed E-state index contributed by atoms with van der Waals surface area (Å²) in [6.45, 7) is 6.14. The van der Waals surface area contributed by atoms with Gasteiger partial charge in [0.2, 0.25) is 5.95 Å².